The predicted octanol–water partition coefficient (Wildman–Crippen LogP) is 4.29. The zero-order valence-electron chi connectivity index (χ0n) is 15.6. The van der Waals surface area contributed by atoms with Gasteiger partial charge in [-0.3, -0.25) is 4.79 Å². The lowest BCUT2D eigenvalue weighted by atomic mass is 9.76. The molecule has 0 atom stereocenters. The smallest absolute Gasteiger partial charge is 0.255 e. The zero-order valence-corrected chi connectivity index (χ0v) is 15.6. The van der Waals surface area contributed by atoms with Gasteiger partial charge in [-0.2, -0.15) is 0 Å². The maximum atomic E-state index is 14.2. The lowest BCUT2D eigenvalue weighted by Gasteiger charge is -2.38. The molecular weight excluding hydrogens is 362 g/mol. The number of aromatic nitrogens is 1. The molecule has 4 rings (SSSR count). The molecule has 1 aliphatic rings. The number of fused-ring (bicyclic) bond motifs is 1. The Morgan fingerprint density at radius 3 is 2.50 bits per heavy atom. The summed E-state index contributed by atoms with van der Waals surface area (Å²) in [5.74, 6) is -0.486. The summed E-state index contributed by atoms with van der Waals surface area (Å²) in [5, 5.41) is 1.42. The number of benzene rings is 2. The Hall–Kier alpha value is -2.73. The lowest BCUT2D eigenvalue weighted by molar-refractivity contribution is 0.114. The molecule has 0 saturated heterocycles. The van der Waals surface area contributed by atoms with Gasteiger partial charge in [-0.1, -0.05) is 6.07 Å². The minimum absolute atomic E-state index is 0.0328. The summed E-state index contributed by atoms with van der Waals surface area (Å²) in [6, 6.07) is 9.34. The van der Waals surface area contributed by atoms with Gasteiger partial charge in [0, 0.05) is 22.7 Å². The van der Waals surface area contributed by atoms with Crippen molar-refractivity contribution in [2.45, 2.75) is 44.2 Å². The van der Waals surface area contributed by atoms with Gasteiger partial charge in [-0.25, -0.2) is 8.78 Å². The second-order valence-electron chi connectivity index (χ2n) is 7.58. The maximum Gasteiger partial charge on any atom is 0.255 e. The highest BCUT2D eigenvalue weighted by Crippen LogP contribution is 2.39. The minimum atomic E-state index is -1.03. The van der Waals surface area contributed by atoms with E-state index in [1.807, 2.05) is 25.1 Å². The van der Waals surface area contributed by atoms with Gasteiger partial charge in [0.1, 0.15) is 17.4 Å². The number of rotatable bonds is 3. The number of nitrogens with one attached hydrogen (secondary N) is 1. The first-order valence-corrected chi connectivity index (χ1v) is 9.39. The van der Waals surface area contributed by atoms with Crippen molar-refractivity contribution in [2.75, 3.05) is 0 Å². The summed E-state index contributed by atoms with van der Waals surface area (Å²) in [5.41, 5.74) is 6.06. The van der Waals surface area contributed by atoms with Crippen molar-refractivity contribution < 1.29 is 13.5 Å². The molecular formula is C22H22F2N2O2. The van der Waals surface area contributed by atoms with Gasteiger partial charge in [-0.05, 0) is 73.9 Å². The Bertz CT molecular complexity index is 1070. The number of aromatic amines is 1. The molecule has 0 aliphatic heterocycles. The van der Waals surface area contributed by atoms with E-state index in [-0.39, 0.29) is 17.2 Å². The van der Waals surface area contributed by atoms with Gasteiger partial charge in [-0.15, -0.1) is 0 Å². The molecule has 0 amide bonds. The molecule has 1 saturated carbocycles. The number of hydrogen-bond donors (Lipinski definition) is 2. The van der Waals surface area contributed by atoms with E-state index in [0.717, 1.165) is 10.9 Å². The van der Waals surface area contributed by atoms with Crippen LogP contribution in [0, 0.1) is 18.6 Å². The van der Waals surface area contributed by atoms with Gasteiger partial charge in [0.25, 0.3) is 5.56 Å². The first kappa shape index (κ1) is 18.6. The van der Waals surface area contributed by atoms with E-state index in [2.05, 4.69) is 4.98 Å². The highest BCUT2D eigenvalue weighted by Gasteiger charge is 2.38. The number of aryl methyl sites for hydroxylation is 1. The summed E-state index contributed by atoms with van der Waals surface area (Å²) in [6.07, 6.45) is 3.57. The summed E-state index contributed by atoms with van der Waals surface area (Å²) < 4.78 is 34.5. The van der Waals surface area contributed by atoms with E-state index in [4.69, 9.17) is 10.5 Å². The van der Waals surface area contributed by atoms with Crippen LogP contribution in [0.3, 0.4) is 0 Å². The highest BCUT2D eigenvalue weighted by molar-refractivity contribution is 5.83. The Balaban J connectivity index is 1.53. The van der Waals surface area contributed by atoms with Crippen molar-refractivity contribution in [3.8, 4) is 5.75 Å². The van der Waals surface area contributed by atoms with Gasteiger partial charge >= 0.3 is 0 Å². The third kappa shape index (κ3) is 3.29. The van der Waals surface area contributed by atoms with Crippen LogP contribution in [0.5, 0.6) is 5.75 Å². The normalized spacial score (nSPS) is 22.4. The predicted molar refractivity (Wildman–Crippen MR) is 104 cm³/mol. The number of H-pyrrole nitrogens is 1. The van der Waals surface area contributed by atoms with Crippen LogP contribution >= 0.6 is 0 Å². The molecule has 1 heterocycles. The minimum Gasteiger partial charge on any atom is -0.490 e. The van der Waals surface area contributed by atoms with Crippen LogP contribution in [0.1, 0.15) is 36.8 Å². The Kier molecular flexibility index (Phi) is 4.67. The summed E-state index contributed by atoms with van der Waals surface area (Å²) >= 11 is 0. The first-order valence-electron chi connectivity index (χ1n) is 9.39. The van der Waals surface area contributed by atoms with Crippen LogP contribution in [-0.4, -0.2) is 11.1 Å². The number of halogens is 2. The van der Waals surface area contributed by atoms with E-state index in [1.54, 1.807) is 6.20 Å². The first-order chi connectivity index (χ1) is 13.4. The van der Waals surface area contributed by atoms with Crippen LogP contribution in [0.15, 0.2) is 47.4 Å². The second-order valence-corrected chi connectivity index (χ2v) is 7.58. The quantitative estimate of drug-likeness (QED) is 0.708. The fourth-order valence-electron chi connectivity index (χ4n) is 4.08. The topological polar surface area (TPSA) is 68.1 Å². The highest BCUT2D eigenvalue weighted by atomic mass is 19.1. The molecule has 0 unspecified atom stereocenters. The van der Waals surface area contributed by atoms with Gasteiger partial charge in [0.15, 0.2) is 0 Å². The van der Waals surface area contributed by atoms with Gasteiger partial charge in [0.2, 0.25) is 0 Å². The number of ether oxygens (including phenoxy) is 1. The average Bonchev–Trinajstić information content (AvgIpc) is 2.65. The molecule has 3 aromatic rings. The van der Waals surface area contributed by atoms with Crippen molar-refractivity contribution in [2.24, 2.45) is 5.73 Å². The van der Waals surface area contributed by atoms with Crippen LogP contribution < -0.4 is 16.0 Å². The molecule has 1 aromatic heterocycles. The van der Waals surface area contributed by atoms with Crippen molar-refractivity contribution in [1.29, 1.82) is 0 Å². The molecule has 1 fully saturated rings. The molecule has 0 radical (unpaired) electrons. The van der Waals surface area contributed by atoms with Crippen LogP contribution in [0.2, 0.25) is 0 Å². The largest absolute Gasteiger partial charge is 0.490 e. The van der Waals surface area contributed by atoms with Crippen molar-refractivity contribution in [1.82, 2.24) is 4.98 Å². The SMILES string of the molecule is Cc1cc2c(=O)[nH]ccc2cc1O[C@H]1CC[C@@](N)(c2c(F)cccc2F)CC1. The van der Waals surface area contributed by atoms with E-state index in [9.17, 15) is 13.6 Å². The number of pyridine rings is 1. The monoisotopic (exact) mass is 384 g/mol. The third-order valence-electron chi connectivity index (χ3n) is 5.65. The summed E-state index contributed by atoms with van der Waals surface area (Å²) in [7, 11) is 0. The van der Waals surface area contributed by atoms with E-state index in [0.29, 0.717) is 36.8 Å². The third-order valence-corrected chi connectivity index (χ3v) is 5.65. The Labute approximate surface area is 161 Å². The van der Waals surface area contributed by atoms with Gasteiger partial charge in [0.05, 0.1) is 6.10 Å². The van der Waals surface area contributed by atoms with Crippen LogP contribution in [-0.2, 0) is 5.54 Å². The number of hydrogen-bond acceptors (Lipinski definition) is 3. The molecule has 0 bridgehead atoms. The zero-order chi connectivity index (χ0) is 19.9. The fourth-order valence-corrected chi connectivity index (χ4v) is 4.08. The van der Waals surface area contributed by atoms with E-state index in [1.165, 1.54) is 18.2 Å². The molecule has 6 heteroatoms. The molecule has 4 nitrogen and oxygen atoms in total. The van der Waals surface area contributed by atoms with Crippen molar-refractivity contribution in [3.63, 3.8) is 0 Å². The maximum absolute atomic E-state index is 14.2. The molecule has 2 aromatic carbocycles. The summed E-state index contributed by atoms with van der Waals surface area (Å²) in [4.78, 5) is 14.6. The standard InChI is InChI=1S/C22H22F2N2O2/c1-13-11-16-14(7-10-26-21(16)27)12-19(13)28-15-5-8-22(25,9-6-15)20-17(23)3-2-4-18(20)24/h2-4,7,10-12,15H,5-6,8-9,25H2,1H3,(H,26,27)/t15-,22-. The van der Waals surface area contributed by atoms with E-state index < -0.39 is 17.2 Å². The van der Waals surface area contributed by atoms with Crippen molar-refractivity contribution in [3.05, 3.63) is 75.7 Å². The second kappa shape index (κ2) is 7.02. The van der Waals surface area contributed by atoms with Crippen molar-refractivity contribution >= 4 is 10.8 Å². The number of nitrogens with two attached hydrogens (primary N) is 1. The van der Waals surface area contributed by atoms with Crippen LogP contribution in [0.25, 0.3) is 10.8 Å². The van der Waals surface area contributed by atoms with Gasteiger partial charge < -0.3 is 15.5 Å². The Morgan fingerprint density at radius 2 is 1.82 bits per heavy atom. The molecule has 1 aliphatic carbocycles. The fraction of sp³-hybridized carbons (Fsp3) is 0.318. The molecule has 3 N–H and O–H groups in total. The average molecular weight is 384 g/mol. The molecule has 146 valence electrons. The molecule has 0 spiro atoms. The lowest BCUT2D eigenvalue weighted by Crippen LogP contribution is -2.44. The molecule has 28 heavy (non-hydrogen) atoms. The Morgan fingerprint density at radius 1 is 1.14 bits per heavy atom. The van der Waals surface area contributed by atoms with E-state index >= 15 is 0 Å². The summed E-state index contributed by atoms with van der Waals surface area (Å²) in [6.45, 7) is 1.89. The van der Waals surface area contributed by atoms with Crippen LogP contribution in [0.4, 0.5) is 8.78 Å².